The van der Waals surface area contributed by atoms with Gasteiger partial charge in [-0.15, -0.1) is 0 Å². The van der Waals surface area contributed by atoms with E-state index in [1.54, 1.807) is 0 Å². The van der Waals surface area contributed by atoms with E-state index in [0.29, 0.717) is 0 Å². The van der Waals surface area contributed by atoms with Crippen LogP contribution in [0.1, 0.15) is 32.1 Å². The van der Waals surface area contributed by atoms with Crippen LogP contribution in [0.2, 0.25) is 0 Å². The van der Waals surface area contributed by atoms with Gasteiger partial charge < -0.3 is 0 Å². The summed E-state index contributed by atoms with van der Waals surface area (Å²) in [5.41, 5.74) is 0. The average Bonchev–Trinajstić information content (AvgIpc) is 2.42. The maximum Gasteiger partial charge on any atom is 0.00598 e. The van der Waals surface area contributed by atoms with Crippen molar-refractivity contribution in [2.75, 3.05) is 5.33 Å². The van der Waals surface area contributed by atoms with E-state index in [-0.39, 0.29) is 0 Å². The maximum absolute atomic E-state index is 3.58. The Morgan fingerprint density at radius 2 is 1.70 bits per heavy atom. The molecule has 0 aliphatic heterocycles. The standard InChI is InChI=1S/C9H15Br/c10-6-7-4-8-2-1-3-9(8)5-7/h7-9H,1-6H2. The smallest absolute Gasteiger partial charge is 0.00598 e. The van der Waals surface area contributed by atoms with Crippen LogP contribution in [0.25, 0.3) is 0 Å². The number of hydrogen-bond donors (Lipinski definition) is 0. The third-order valence-corrected chi connectivity index (χ3v) is 4.22. The molecule has 58 valence electrons. The average molecular weight is 203 g/mol. The summed E-state index contributed by atoms with van der Waals surface area (Å²) in [4.78, 5) is 0. The molecule has 2 unspecified atom stereocenters. The van der Waals surface area contributed by atoms with Crippen LogP contribution in [0.5, 0.6) is 0 Å². The lowest BCUT2D eigenvalue weighted by molar-refractivity contribution is 0.457. The molecule has 0 aromatic rings. The Labute approximate surface area is 71.5 Å². The molecule has 0 aromatic heterocycles. The van der Waals surface area contributed by atoms with E-state index in [1.807, 2.05) is 0 Å². The van der Waals surface area contributed by atoms with E-state index in [9.17, 15) is 0 Å². The molecular formula is C9H15Br. The molecule has 0 spiro atoms. The molecule has 2 atom stereocenters. The van der Waals surface area contributed by atoms with Gasteiger partial charge in [-0.3, -0.25) is 0 Å². The molecule has 0 saturated heterocycles. The number of alkyl halides is 1. The minimum absolute atomic E-state index is 1.02. The minimum Gasteiger partial charge on any atom is -0.0925 e. The van der Waals surface area contributed by atoms with E-state index in [2.05, 4.69) is 15.9 Å². The van der Waals surface area contributed by atoms with E-state index in [1.165, 1.54) is 37.4 Å². The van der Waals surface area contributed by atoms with Gasteiger partial charge in [-0.2, -0.15) is 0 Å². The summed E-state index contributed by atoms with van der Waals surface area (Å²) >= 11 is 3.58. The first-order chi connectivity index (χ1) is 4.90. The molecule has 0 amide bonds. The first-order valence-electron chi connectivity index (χ1n) is 4.46. The minimum atomic E-state index is 1.02. The van der Waals surface area contributed by atoms with Gasteiger partial charge in [-0.1, -0.05) is 35.2 Å². The molecule has 2 saturated carbocycles. The highest BCUT2D eigenvalue weighted by molar-refractivity contribution is 9.09. The molecule has 0 aromatic carbocycles. The zero-order valence-corrected chi connectivity index (χ0v) is 7.94. The van der Waals surface area contributed by atoms with Crippen molar-refractivity contribution in [1.29, 1.82) is 0 Å². The normalized spacial score (nSPS) is 45.9. The Kier molecular flexibility index (Phi) is 2.03. The molecule has 2 rings (SSSR count). The highest BCUT2D eigenvalue weighted by Crippen LogP contribution is 2.46. The fourth-order valence-corrected chi connectivity index (χ4v) is 3.34. The van der Waals surface area contributed by atoms with Crippen molar-refractivity contribution in [1.82, 2.24) is 0 Å². The van der Waals surface area contributed by atoms with Gasteiger partial charge in [0.15, 0.2) is 0 Å². The van der Waals surface area contributed by atoms with Gasteiger partial charge in [0.25, 0.3) is 0 Å². The summed E-state index contributed by atoms with van der Waals surface area (Å²) in [7, 11) is 0. The zero-order chi connectivity index (χ0) is 6.97. The lowest BCUT2D eigenvalue weighted by Crippen LogP contribution is -1.95. The molecule has 1 heteroatoms. The largest absolute Gasteiger partial charge is 0.0925 e. The van der Waals surface area contributed by atoms with Gasteiger partial charge in [-0.25, -0.2) is 0 Å². The van der Waals surface area contributed by atoms with Crippen LogP contribution in [0.4, 0.5) is 0 Å². The van der Waals surface area contributed by atoms with Crippen molar-refractivity contribution in [3.05, 3.63) is 0 Å². The van der Waals surface area contributed by atoms with Crippen LogP contribution in [-0.2, 0) is 0 Å². The SMILES string of the molecule is BrCC1CC2CCCC2C1. The van der Waals surface area contributed by atoms with Crippen molar-refractivity contribution in [3.63, 3.8) is 0 Å². The van der Waals surface area contributed by atoms with Crippen LogP contribution in [0.3, 0.4) is 0 Å². The van der Waals surface area contributed by atoms with Crippen molar-refractivity contribution in [2.24, 2.45) is 17.8 Å². The molecule has 2 fully saturated rings. The van der Waals surface area contributed by atoms with Crippen molar-refractivity contribution >= 4 is 15.9 Å². The summed E-state index contributed by atoms with van der Waals surface area (Å²) in [5.74, 6) is 3.28. The Morgan fingerprint density at radius 3 is 2.20 bits per heavy atom. The van der Waals surface area contributed by atoms with Gasteiger partial charge in [0.2, 0.25) is 0 Å². The van der Waals surface area contributed by atoms with E-state index < -0.39 is 0 Å². The predicted molar refractivity (Wildman–Crippen MR) is 47.3 cm³/mol. The summed E-state index contributed by atoms with van der Waals surface area (Å²) in [6, 6.07) is 0. The Morgan fingerprint density at radius 1 is 1.10 bits per heavy atom. The molecule has 2 aliphatic rings. The molecule has 10 heavy (non-hydrogen) atoms. The van der Waals surface area contributed by atoms with Gasteiger partial charge in [0.1, 0.15) is 0 Å². The Hall–Kier alpha value is 0.480. The van der Waals surface area contributed by atoms with E-state index in [4.69, 9.17) is 0 Å². The molecule has 0 heterocycles. The molecule has 0 radical (unpaired) electrons. The summed E-state index contributed by atoms with van der Waals surface area (Å²) in [6.07, 6.45) is 7.64. The van der Waals surface area contributed by atoms with E-state index in [0.717, 1.165) is 17.8 Å². The monoisotopic (exact) mass is 202 g/mol. The van der Waals surface area contributed by atoms with Crippen LogP contribution in [0, 0.1) is 17.8 Å². The maximum atomic E-state index is 3.58. The quantitative estimate of drug-likeness (QED) is 0.574. The Balaban J connectivity index is 1.94. The molecular weight excluding hydrogens is 188 g/mol. The van der Waals surface area contributed by atoms with Gasteiger partial charge >= 0.3 is 0 Å². The topological polar surface area (TPSA) is 0 Å². The number of halogens is 1. The van der Waals surface area contributed by atoms with Crippen LogP contribution >= 0.6 is 15.9 Å². The molecule has 0 nitrogen and oxygen atoms in total. The van der Waals surface area contributed by atoms with Gasteiger partial charge in [0, 0.05) is 5.33 Å². The second-order valence-electron chi connectivity index (χ2n) is 3.94. The lowest BCUT2D eigenvalue weighted by Gasteiger charge is -2.04. The highest BCUT2D eigenvalue weighted by atomic mass is 79.9. The van der Waals surface area contributed by atoms with E-state index >= 15 is 0 Å². The van der Waals surface area contributed by atoms with Gasteiger partial charge in [0.05, 0.1) is 0 Å². The van der Waals surface area contributed by atoms with Crippen molar-refractivity contribution in [3.8, 4) is 0 Å². The lowest BCUT2D eigenvalue weighted by atomic mass is 10.0. The summed E-state index contributed by atoms with van der Waals surface area (Å²) in [5, 5.41) is 1.25. The predicted octanol–water partition coefficient (Wildman–Crippen LogP) is 3.21. The number of rotatable bonds is 1. The fourth-order valence-electron chi connectivity index (χ4n) is 2.81. The first kappa shape index (κ1) is 7.15. The van der Waals surface area contributed by atoms with Crippen LogP contribution < -0.4 is 0 Å². The van der Waals surface area contributed by atoms with Gasteiger partial charge in [-0.05, 0) is 30.6 Å². The summed E-state index contributed by atoms with van der Waals surface area (Å²) < 4.78 is 0. The molecule has 2 aliphatic carbocycles. The third-order valence-electron chi connectivity index (χ3n) is 3.31. The second-order valence-corrected chi connectivity index (χ2v) is 4.59. The highest BCUT2D eigenvalue weighted by Gasteiger charge is 2.36. The van der Waals surface area contributed by atoms with Crippen LogP contribution in [0.15, 0.2) is 0 Å². The van der Waals surface area contributed by atoms with Crippen molar-refractivity contribution < 1.29 is 0 Å². The molecule has 0 N–H and O–H groups in total. The zero-order valence-electron chi connectivity index (χ0n) is 6.35. The number of fused-ring (bicyclic) bond motifs is 1. The summed E-state index contributed by atoms with van der Waals surface area (Å²) in [6.45, 7) is 0. The first-order valence-corrected chi connectivity index (χ1v) is 5.58. The van der Waals surface area contributed by atoms with Crippen molar-refractivity contribution in [2.45, 2.75) is 32.1 Å². The van der Waals surface area contributed by atoms with Crippen LogP contribution in [-0.4, -0.2) is 5.33 Å². The number of hydrogen-bond acceptors (Lipinski definition) is 0. The molecule has 0 bridgehead atoms. The Bertz CT molecular complexity index is 110. The third kappa shape index (κ3) is 1.13. The fraction of sp³-hybridized carbons (Fsp3) is 1.00. The second kappa shape index (κ2) is 2.84.